The first kappa shape index (κ1) is 18.6. The van der Waals surface area contributed by atoms with Gasteiger partial charge in [-0.2, -0.15) is 0 Å². The zero-order chi connectivity index (χ0) is 20.3. The van der Waals surface area contributed by atoms with Crippen LogP contribution in [0.25, 0.3) is 33.6 Å². The first-order valence-electron chi connectivity index (χ1n) is 10.2. The topological polar surface area (TPSA) is 69.4 Å². The number of hydrogen-bond donors (Lipinski definition) is 1. The van der Waals surface area contributed by atoms with Crippen LogP contribution in [-0.2, 0) is 0 Å². The summed E-state index contributed by atoms with van der Waals surface area (Å²) in [5.41, 5.74) is 3.42. The van der Waals surface area contributed by atoms with E-state index in [4.69, 9.17) is 13.9 Å². The van der Waals surface area contributed by atoms with E-state index in [1.54, 1.807) is 7.11 Å². The van der Waals surface area contributed by atoms with Gasteiger partial charge in [0.15, 0.2) is 0 Å². The van der Waals surface area contributed by atoms with Gasteiger partial charge in [-0.05, 0) is 37.1 Å². The molecule has 2 aromatic carbocycles. The lowest BCUT2D eigenvalue weighted by atomic mass is 9.99. The van der Waals surface area contributed by atoms with Gasteiger partial charge in [0.25, 0.3) is 0 Å². The summed E-state index contributed by atoms with van der Waals surface area (Å²) in [6, 6.07) is 18.0. The Balaban J connectivity index is 1.70. The highest BCUT2D eigenvalue weighted by Gasteiger charge is 2.25. The summed E-state index contributed by atoms with van der Waals surface area (Å²) >= 11 is 0. The predicted octanol–water partition coefficient (Wildman–Crippen LogP) is 4.70. The van der Waals surface area contributed by atoms with E-state index in [9.17, 15) is 0 Å². The number of hydrogen-bond acceptors (Lipinski definition) is 6. The van der Waals surface area contributed by atoms with Gasteiger partial charge >= 0.3 is 0 Å². The van der Waals surface area contributed by atoms with Gasteiger partial charge in [0, 0.05) is 17.7 Å². The minimum absolute atomic E-state index is 0.0793. The molecule has 1 saturated heterocycles. The number of ether oxygens (including phenoxy) is 2. The highest BCUT2D eigenvalue weighted by Crippen LogP contribution is 2.43. The molecule has 1 aliphatic rings. The number of methoxy groups -OCH3 is 1. The molecule has 1 fully saturated rings. The van der Waals surface area contributed by atoms with Crippen LogP contribution in [-0.4, -0.2) is 36.3 Å². The summed E-state index contributed by atoms with van der Waals surface area (Å²) in [6.07, 6.45) is 3.67. The van der Waals surface area contributed by atoms with Gasteiger partial charge in [0.1, 0.15) is 29.3 Å². The molecule has 4 aromatic rings. The molecule has 0 spiro atoms. The number of fused-ring (bicyclic) bond motifs is 1. The van der Waals surface area contributed by atoms with Crippen LogP contribution < -0.4 is 14.8 Å². The molecule has 3 heterocycles. The molecule has 0 bridgehead atoms. The molecular formula is C24H23N3O3. The Labute approximate surface area is 174 Å². The Bertz CT molecular complexity index is 1130. The summed E-state index contributed by atoms with van der Waals surface area (Å²) in [6.45, 7) is 1.84. The van der Waals surface area contributed by atoms with Crippen LogP contribution in [0.2, 0.25) is 0 Å². The molecule has 1 aliphatic heterocycles. The van der Waals surface area contributed by atoms with Gasteiger partial charge in [-0.3, -0.25) is 0 Å². The maximum Gasteiger partial charge on any atom is 0.234 e. The molecule has 0 amide bonds. The van der Waals surface area contributed by atoms with E-state index < -0.39 is 0 Å². The van der Waals surface area contributed by atoms with Gasteiger partial charge in [0.2, 0.25) is 11.6 Å². The van der Waals surface area contributed by atoms with Crippen molar-refractivity contribution in [1.29, 1.82) is 0 Å². The third-order valence-corrected chi connectivity index (χ3v) is 5.40. The molecule has 2 aromatic heterocycles. The van der Waals surface area contributed by atoms with Gasteiger partial charge < -0.3 is 19.2 Å². The standard InChI is InChI=1S/C24H23N3O3/c1-28-18-11-9-16(10-12-18)20-21-23(29-19-8-5-13-25-14-19)26-15-27-24(21)30-22(20)17-6-3-2-4-7-17/h2-4,6-7,9-12,15,19,25H,5,8,13-14H2,1H3. The maximum atomic E-state index is 6.33. The molecule has 0 saturated carbocycles. The largest absolute Gasteiger partial charge is 0.497 e. The van der Waals surface area contributed by atoms with Crippen LogP contribution in [0.1, 0.15) is 12.8 Å². The van der Waals surface area contributed by atoms with E-state index in [0.29, 0.717) is 11.6 Å². The zero-order valence-electron chi connectivity index (χ0n) is 16.8. The Morgan fingerprint density at radius 1 is 1.00 bits per heavy atom. The zero-order valence-corrected chi connectivity index (χ0v) is 16.8. The summed E-state index contributed by atoms with van der Waals surface area (Å²) in [4.78, 5) is 8.88. The fourth-order valence-electron chi connectivity index (χ4n) is 3.90. The van der Waals surface area contributed by atoms with Crippen LogP contribution in [0.4, 0.5) is 0 Å². The van der Waals surface area contributed by atoms with E-state index in [2.05, 4.69) is 15.3 Å². The average molecular weight is 401 g/mol. The van der Waals surface area contributed by atoms with Crippen molar-refractivity contribution in [1.82, 2.24) is 15.3 Å². The molecule has 6 heteroatoms. The highest BCUT2D eigenvalue weighted by molar-refractivity contribution is 6.03. The SMILES string of the molecule is COc1ccc(-c2c(-c3ccccc3)oc3ncnc(OC4CCCNC4)c23)cc1. The second kappa shape index (κ2) is 8.16. The van der Waals surface area contributed by atoms with E-state index in [-0.39, 0.29) is 6.10 Å². The van der Waals surface area contributed by atoms with Crippen LogP contribution in [0, 0.1) is 0 Å². The molecule has 5 rings (SSSR count). The van der Waals surface area contributed by atoms with Crippen LogP contribution in [0.5, 0.6) is 11.6 Å². The normalized spacial score (nSPS) is 16.5. The minimum Gasteiger partial charge on any atom is -0.497 e. The lowest BCUT2D eigenvalue weighted by Gasteiger charge is -2.23. The van der Waals surface area contributed by atoms with Crippen molar-refractivity contribution in [3.63, 3.8) is 0 Å². The monoisotopic (exact) mass is 401 g/mol. The lowest BCUT2D eigenvalue weighted by molar-refractivity contribution is 0.162. The molecular weight excluding hydrogens is 378 g/mol. The molecule has 0 aliphatic carbocycles. The number of aromatic nitrogens is 2. The smallest absolute Gasteiger partial charge is 0.234 e. The number of piperidine rings is 1. The number of rotatable bonds is 5. The fourth-order valence-corrected chi connectivity index (χ4v) is 3.90. The second-order valence-electron chi connectivity index (χ2n) is 7.35. The van der Waals surface area contributed by atoms with Gasteiger partial charge in [-0.25, -0.2) is 9.97 Å². The summed E-state index contributed by atoms with van der Waals surface area (Å²) in [7, 11) is 1.66. The van der Waals surface area contributed by atoms with E-state index in [1.807, 2.05) is 54.6 Å². The number of furan rings is 1. The molecule has 6 nitrogen and oxygen atoms in total. The van der Waals surface area contributed by atoms with E-state index in [0.717, 1.165) is 59.5 Å². The lowest BCUT2D eigenvalue weighted by Crippen LogP contribution is -2.37. The first-order chi connectivity index (χ1) is 14.8. The van der Waals surface area contributed by atoms with E-state index in [1.165, 1.54) is 6.33 Å². The quantitative estimate of drug-likeness (QED) is 0.523. The fraction of sp³-hybridized carbons (Fsp3) is 0.250. The molecule has 152 valence electrons. The van der Waals surface area contributed by atoms with Crippen LogP contribution >= 0.6 is 0 Å². The van der Waals surface area contributed by atoms with Crippen molar-refractivity contribution < 1.29 is 13.9 Å². The summed E-state index contributed by atoms with van der Waals surface area (Å²) < 4.78 is 17.9. The van der Waals surface area contributed by atoms with Crippen LogP contribution in [0.3, 0.4) is 0 Å². The molecule has 1 atom stereocenters. The van der Waals surface area contributed by atoms with Crippen LogP contribution in [0.15, 0.2) is 65.3 Å². The van der Waals surface area contributed by atoms with E-state index >= 15 is 0 Å². The molecule has 0 radical (unpaired) electrons. The number of nitrogens with one attached hydrogen (secondary N) is 1. The number of benzene rings is 2. The Hall–Kier alpha value is -3.38. The molecule has 1 unspecified atom stereocenters. The minimum atomic E-state index is 0.0793. The number of nitrogens with zero attached hydrogens (tertiary/aromatic N) is 2. The Morgan fingerprint density at radius 2 is 1.83 bits per heavy atom. The Morgan fingerprint density at radius 3 is 2.57 bits per heavy atom. The third kappa shape index (κ3) is 3.50. The van der Waals surface area contributed by atoms with Crippen molar-refractivity contribution in [3.05, 3.63) is 60.9 Å². The summed E-state index contributed by atoms with van der Waals surface area (Å²) in [5, 5.41) is 4.19. The molecule has 30 heavy (non-hydrogen) atoms. The molecule has 1 N–H and O–H groups in total. The summed E-state index contributed by atoms with van der Waals surface area (Å²) in [5.74, 6) is 2.11. The van der Waals surface area contributed by atoms with Crippen molar-refractivity contribution in [2.24, 2.45) is 0 Å². The van der Waals surface area contributed by atoms with Crippen molar-refractivity contribution in [2.75, 3.05) is 20.2 Å². The highest BCUT2D eigenvalue weighted by atomic mass is 16.5. The van der Waals surface area contributed by atoms with Gasteiger partial charge in [0.05, 0.1) is 7.11 Å². The van der Waals surface area contributed by atoms with Crippen molar-refractivity contribution in [2.45, 2.75) is 18.9 Å². The average Bonchev–Trinajstić information content (AvgIpc) is 3.21. The van der Waals surface area contributed by atoms with Gasteiger partial charge in [-0.1, -0.05) is 42.5 Å². The first-order valence-corrected chi connectivity index (χ1v) is 10.2. The third-order valence-electron chi connectivity index (χ3n) is 5.40. The maximum absolute atomic E-state index is 6.33. The second-order valence-corrected chi connectivity index (χ2v) is 7.35. The predicted molar refractivity (Wildman–Crippen MR) is 116 cm³/mol. The Kier molecular flexibility index (Phi) is 5.07. The van der Waals surface area contributed by atoms with Crippen molar-refractivity contribution >= 4 is 11.1 Å². The van der Waals surface area contributed by atoms with Gasteiger partial charge in [-0.15, -0.1) is 0 Å². The van der Waals surface area contributed by atoms with Crippen molar-refractivity contribution in [3.8, 4) is 34.1 Å².